The van der Waals surface area contributed by atoms with Gasteiger partial charge in [0, 0.05) is 18.1 Å². The van der Waals surface area contributed by atoms with Crippen LogP contribution >= 0.6 is 0 Å². The van der Waals surface area contributed by atoms with Crippen LogP contribution in [0.2, 0.25) is 0 Å². The van der Waals surface area contributed by atoms with E-state index < -0.39 is 5.97 Å². The Morgan fingerprint density at radius 3 is 2.50 bits per heavy atom. The number of carbonyl (C=O) groups excluding carboxylic acids is 1. The van der Waals surface area contributed by atoms with Gasteiger partial charge in [0.25, 0.3) is 0 Å². The minimum atomic E-state index is -0.738. The van der Waals surface area contributed by atoms with Crippen molar-refractivity contribution in [3.05, 3.63) is 0 Å². The predicted molar refractivity (Wildman–Crippen MR) is 83.4 cm³/mol. The third-order valence-electron chi connectivity index (χ3n) is 4.95. The summed E-state index contributed by atoms with van der Waals surface area (Å²) in [6.45, 7) is 8.82. The molecule has 1 aliphatic heterocycles. The van der Waals surface area contributed by atoms with Crippen molar-refractivity contribution in [2.45, 2.75) is 71.4 Å². The molecule has 1 amide bonds. The molecule has 2 rings (SSSR count). The number of carbonyl (C=O) groups is 2. The molecule has 2 aliphatic rings. The molecule has 1 spiro atoms. The Balaban J connectivity index is 1.88. The highest BCUT2D eigenvalue weighted by atomic mass is 16.5. The highest BCUT2D eigenvalue weighted by Crippen LogP contribution is 2.46. The van der Waals surface area contributed by atoms with Crippen molar-refractivity contribution in [2.24, 2.45) is 17.3 Å². The standard InChI is InChI=1S/C17H29NO4/c1-11(2)7-16(3,4)15(21)18-13-5-6-22-17(10-13)8-12(9-17)14(19)20/h11-13H,5-10H2,1-4H3,(H,18,21)(H,19,20). The lowest BCUT2D eigenvalue weighted by Gasteiger charge is -2.50. The molecule has 0 aromatic heterocycles. The van der Waals surface area contributed by atoms with E-state index in [9.17, 15) is 9.59 Å². The minimum Gasteiger partial charge on any atom is -0.481 e. The van der Waals surface area contributed by atoms with Crippen LogP contribution in [0, 0.1) is 17.3 Å². The molecule has 2 N–H and O–H groups in total. The number of rotatable bonds is 5. The number of carboxylic acids is 1. The summed E-state index contributed by atoms with van der Waals surface area (Å²) >= 11 is 0. The summed E-state index contributed by atoms with van der Waals surface area (Å²) in [4.78, 5) is 23.5. The van der Waals surface area contributed by atoms with Crippen molar-refractivity contribution < 1.29 is 19.4 Å². The Labute approximate surface area is 132 Å². The lowest BCUT2D eigenvalue weighted by atomic mass is 9.66. The van der Waals surface area contributed by atoms with Crippen molar-refractivity contribution in [1.82, 2.24) is 5.32 Å². The van der Waals surface area contributed by atoms with Gasteiger partial charge in [0.1, 0.15) is 0 Å². The molecule has 1 atom stereocenters. The quantitative estimate of drug-likeness (QED) is 0.818. The lowest BCUT2D eigenvalue weighted by Crippen LogP contribution is -2.57. The van der Waals surface area contributed by atoms with Gasteiger partial charge in [-0.15, -0.1) is 0 Å². The zero-order chi connectivity index (χ0) is 16.5. The Kier molecular flexibility index (Phi) is 4.85. The van der Waals surface area contributed by atoms with Crippen molar-refractivity contribution in [3.8, 4) is 0 Å². The van der Waals surface area contributed by atoms with Crippen LogP contribution in [-0.4, -0.2) is 35.2 Å². The summed E-state index contributed by atoms with van der Waals surface area (Å²) in [7, 11) is 0. The molecule has 1 heterocycles. The predicted octanol–water partition coefficient (Wildman–Crippen LogP) is 2.59. The molecular formula is C17H29NO4. The van der Waals surface area contributed by atoms with Gasteiger partial charge in [0.2, 0.25) is 5.91 Å². The first kappa shape index (κ1) is 17.3. The molecule has 5 nitrogen and oxygen atoms in total. The van der Waals surface area contributed by atoms with Crippen LogP contribution in [0.4, 0.5) is 0 Å². The first-order chi connectivity index (χ1) is 10.1. The van der Waals surface area contributed by atoms with Crippen LogP contribution in [0.15, 0.2) is 0 Å². The maximum absolute atomic E-state index is 12.5. The Hall–Kier alpha value is -1.10. The average Bonchev–Trinajstić information content (AvgIpc) is 2.34. The van der Waals surface area contributed by atoms with E-state index in [2.05, 4.69) is 19.2 Å². The monoisotopic (exact) mass is 311 g/mol. The van der Waals surface area contributed by atoms with Gasteiger partial charge in [-0.2, -0.15) is 0 Å². The minimum absolute atomic E-state index is 0.0948. The second-order valence-electron chi connectivity index (χ2n) is 8.12. The smallest absolute Gasteiger partial charge is 0.306 e. The summed E-state index contributed by atoms with van der Waals surface area (Å²) in [5.41, 5.74) is -0.690. The molecule has 1 saturated carbocycles. The Morgan fingerprint density at radius 1 is 1.32 bits per heavy atom. The van der Waals surface area contributed by atoms with E-state index in [0.29, 0.717) is 25.4 Å². The van der Waals surface area contributed by atoms with E-state index in [4.69, 9.17) is 9.84 Å². The second kappa shape index (κ2) is 6.19. The molecule has 22 heavy (non-hydrogen) atoms. The molecule has 5 heteroatoms. The Morgan fingerprint density at radius 2 is 1.95 bits per heavy atom. The highest BCUT2D eigenvalue weighted by molar-refractivity contribution is 5.82. The Bertz CT molecular complexity index is 438. The van der Waals surface area contributed by atoms with Crippen LogP contribution in [-0.2, 0) is 14.3 Å². The largest absolute Gasteiger partial charge is 0.481 e. The van der Waals surface area contributed by atoms with Gasteiger partial charge in [0.05, 0.1) is 11.5 Å². The van der Waals surface area contributed by atoms with Gasteiger partial charge in [0.15, 0.2) is 0 Å². The number of nitrogens with one attached hydrogen (secondary N) is 1. The summed E-state index contributed by atoms with van der Waals surface area (Å²) < 4.78 is 5.83. The normalized spacial score (nSPS) is 31.9. The summed E-state index contributed by atoms with van der Waals surface area (Å²) in [5.74, 6) is -0.451. The summed E-state index contributed by atoms with van der Waals surface area (Å²) in [6, 6.07) is 0.0995. The van der Waals surface area contributed by atoms with Crippen LogP contribution in [0.25, 0.3) is 0 Å². The van der Waals surface area contributed by atoms with Gasteiger partial charge in [-0.25, -0.2) is 0 Å². The third-order valence-corrected chi connectivity index (χ3v) is 4.95. The highest BCUT2D eigenvalue weighted by Gasteiger charge is 2.51. The van der Waals surface area contributed by atoms with Crippen molar-refractivity contribution >= 4 is 11.9 Å². The van der Waals surface area contributed by atoms with Crippen LogP contribution < -0.4 is 5.32 Å². The molecule has 0 bridgehead atoms. The van der Waals surface area contributed by atoms with Gasteiger partial charge < -0.3 is 15.2 Å². The van der Waals surface area contributed by atoms with E-state index >= 15 is 0 Å². The number of ether oxygens (including phenoxy) is 1. The fraction of sp³-hybridized carbons (Fsp3) is 0.882. The number of carboxylic acid groups (broad SMARTS) is 1. The van der Waals surface area contributed by atoms with Crippen molar-refractivity contribution in [2.75, 3.05) is 6.61 Å². The van der Waals surface area contributed by atoms with Crippen molar-refractivity contribution in [1.29, 1.82) is 0 Å². The molecule has 0 radical (unpaired) electrons. The number of aliphatic carboxylic acids is 1. The van der Waals surface area contributed by atoms with E-state index in [1.165, 1.54) is 0 Å². The summed E-state index contributed by atoms with van der Waals surface area (Å²) in [6.07, 6.45) is 3.55. The zero-order valence-corrected chi connectivity index (χ0v) is 14.1. The first-order valence-electron chi connectivity index (χ1n) is 8.31. The molecule has 126 valence electrons. The number of hydrogen-bond acceptors (Lipinski definition) is 3. The van der Waals surface area contributed by atoms with Gasteiger partial charge in [-0.1, -0.05) is 27.7 Å². The summed E-state index contributed by atoms with van der Waals surface area (Å²) in [5, 5.41) is 12.2. The fourth-order valence-electron chi connectivity index (χ4n) is 3.94. The molecule has 2 fully saturated rings. The second-order valence-corrected chi connectivity index (χ2v) is 8.12. The topological polar surface area (TPSA) is 75.6 Å². The van der Waals surface area contributed by atoms with Crippen LogP contribution in [0.5, 0.6) is 0 Å². The van der Waals surface area contributed by atoms with Crippen molar-refractivity contribution in [3.63, 3.8) is 0 Å². The lowest BCUT2D eigenvalue weighted by molar-refractivity contribution is -0.182. The first-order valence-corrected chi connectivity index (χ1v) is 8.31. The van der Waals surface area contributed by atoms with E-state index in [0.717, 1.165) is 19.3 Å². The molecule has 0 aromatic rings. The maximum atomic E-state index is 12.5. The third kappa shape index (κ3) is 3.80. The fourth-order valence-corrected chi connectivity index (χ4v) is 3.94. The average molecular weight is 311 g/mol. The maximum Gasteiger partial charge on any atom is 0.306 e. The zero-order valence-electron chi connectivity index (χ0n) is 14.1. The van der Waals surface area contributed by atoms with Crippen LogP contribution in [0.1, 0.15) is 59.8 Å². The molecular weight excluding hydrogens is 282 g/mol. The van der Waals surface area contributed by atoms with Crippen LogP contribution in [0.3, 0.4) is 0 Å². The number of hydrogen-bond donors (Lipinski definition) is 2. The van der Waals surface area contributed by atoms with E-state index in [-0.39, 0.29) is 28.9 Å². The molecule has 1 unspecified atom stereocenters. The number of amides is 1. The molecule has 1 aliphatic carbocycles. The van der Waals surface area contributed by atoms with Gasteiger partial charge in [-0.05, 0) is 38.0 Å². The van der Waals surface area contributed by atoms with E-state index in [1.54, 1.807) is 0 Å². The SMILES string of the molecule is CC(C)CC(C)(C)C(=O)NC1CCOC2(C1)CC(C(=O)O)C2. The van der Waals surface area contributed by atoms with Gasteiger partial charge >= 0.3 is 5.97 Å². The van der Waals surface area contributed by atoms with Gasteiger partial charge in [-0.3, -0.25) is 9.59 Å². The molecule has 0 aromatic carbocycles. The van der Waals surface area contributed by atoms with E-state index in [1.807, 2.05) is 13.8 Å². The molecule has 1 saturated heterocycles.